The molecule has 2 N–H and O–H groups in total. The van der Waals surface area contributed by atoms with Crippen molar-refractivity contribution in [3.8, 4) is 11.1 Å². The van der Waals surface area contributed by atoms with Crippen LogP contribution >= 0.6 is 0 Å². The van der Waals surface area contributed by atoms with Crippen LogP contribution in [-0.4, -0.2) is 20.0 Å². The molecule has 2 heterocycles. The van der Waals surface area contributed by atoms with Gasteiger partial charge in [-0.1, -0.05) is 0 Å². The highest BCUT2D eigenvalue weighted by Crippen LogP contribution is 2.20. The summed E-state index contributed by atoms with van der Waals surface area (Å²) in [6.45, 7) is 0.458. The molecule has 0 aliphatic carbocycles. The molecule has 5 nitrogen and oxygen atoms in total. The van der Waals surface area contributed by atoms with E-state index in [9.17, 15) is 0 Å². The van der Waals surface area contributed by atoms with Gasteiger partial charge in [0.15, 0.2) is 0 Å². The van der Waals surface area contributed by atoms with Crippen molar-refractivity contribution in [3.05, 3.63) is 30.4 Å². The van der Waals surface area contributed by atoms with Crippen LogP contribution in [0.15, 0.2) is 24.8 Å². The molecule has 0 aliphatic rings. The molecule has 14 heavy (non-hydrogen) atoms. The van der Waals surface area contributed by atoms with Gasteiger partial charge in [0.2, 0.25) is 0 Å². The zero-order valence-electron chi connectivity index (χ0n) is 7.88. The Kier molecular flexibility index (Phi) is 2.24. The first-order valence-electron chi connectivity index (χ1n) is 4.30. The van der Waals surface area contributed by atoms with Gasteiger partial charge in [-0.3, -0.25) is 4.68 Å². The molecule has 0 aliphatic heterocycles. The maximum absolute atomic E-state index is 5.60. The number of hydrogen-bond donors (Lipinski definition) is 1. The molecule has 0 spiro atoms. The van der Waals surface area contributed by atoms with Gasteiger partial charge in [-0.2, -0.15) is 15.3 Å². The minimum atomic E-state index is 0.458. The highest BCUT2D eigenvalue weighted by Gasteiger charge is 2.05. The van der Waals surface area contributed by atoms with Crippen molar-refractivity contribution in [3.63, 3.8) is 0 Å². The normalized spacial score (nSPS) is 10.4. The van der Waals surface area contributed by atoms with E-state index in [0.29, 0.717) is 6.54 Å². The average Bonchev–Trinajstić information content (AvgIpc) is 2.65. The molecule has 0 saturated carbocycles. The van der Waals surface area contributed by atoms with Crippen LogP contribution in [0.3, 0.4) is 0 Å². The third-order valence-corrected chi connectivity index (χ3v) is 2.05. The third-order valence-electron chi connectivity index (χ3n) is 2.05. The summed E-state index contributed by atoms with van der Waals surface area (Å²) < 4.78 is 1.75. The van der Waals surface area contributed by atoms with Gasteiger partial charge in [-0.15, -0.1) is 0 Å². The van der Waals surface area contributed by atoms with Crippen molar-refractivity contribution in [2.75, 3.05) is 0 Å². The Hall–Kier alpha value is -1.75. The lowest BCUT2D eigenvalue weighted by Gasteiger charge is -2.02. The molecule has 72 valence electrons. The van der Waals surface area contributed by atoms with Gasteiger partial charge in [0.1, 0.15) is 0 Å². The summed E-state index contributed by atoms with van der Waals surface area (Å²) in [6, 6.07) is 0. The van der Waals surface area contributed by atoms with Crippen molar-refractivity contribution in [2.45, 2.75) is 6.54 Å². The molecule has 0 bridgehead atoms. The summed E-state index contributed by atoms with van der Waals surface area (Å²) in [7, 11) is 1.88. The van der Waals surface area contributed by atoms with E-state index in [-0.39, 0.29) is 0 Å². The Labute approximate surface area is 81.6 Å². The maximum atomic E-state index is 5.60. The van der Waals surface area contributed by atoms with Crippen LogP contribution in [0.1, 0.15) is 5.56 Å². The maximum Gasteiger partial charge on any atom is 0.0579 e. The van der Waals surface area contributed by atoms with Gasteiger partial charge in [-0.25, -0.2) is 0 Å². The van der Waals surface area contributed by atoms with E-state index in [4.69, 9.17) is 5.73 Å². The fourth-order valence-electron chi connectivity index (χ4n) is 1.33. The number of aromatic nitrogens is 4. The summed E-state index contributed by atoms with van der Waals surface area (Å²) in [5.41, 5.74) is 8.59. The fraction of sp³-hybridized carbons (Fsp3) is 0.222. The highest BCUT2D eigenvalue weighted by atomic mass is 15.2. The van der Waals surface area contributed by atoms with Crippen LogP contribution in [-0.2, 0) is 13.6 Å². The molecule has 0 aromatic carbocycles. The lowest BCUT2D eigenvalue weighted by Crippen LogP contribution is -2.00. The number of rotatable bonds is 2. The molecule has 0 unspecified atom stereocenters. The van der Waals surface area contributed by atoms with Gasteiger partial charge >= 0.3 is 0 Å². The first-order chi connectivity index (χ1) is 6.81. The Balaban J connectivity index is 2.50. The zero-order chi connectivity index (χ0) is 9.97. The molecule has 0 saturated heterocycles. The van der Waals surface area contributed by atoms with Gasteiger partial charge < -0.3 is 5.73 Å². The third kappa shape index (κ3) is 1.49. The number of aryl methyl sites for hydroxylation is 1. The van der Waals surface area contributed by atoms with Gasteiger partial charge in [0.05, 0.1) is 18.6 Å². The lowest BCUT2D eigenvalue weighted by atomic mass is 10.1. The lowest BCUT2D eigenvalue weighted by molar-refractivity contribution is 0.768. The van der Waals surface area contributed by atoms with Gasteiger partial charge in [-0.05, 0) is 5.56 Å². The van der Waals surface area contributed by atoms with Crippen molar-refractivity contribution in [1.29, 1.82) is 0 Å². The molecule has 0 radical (unpaired) electrons. The summed E-state index contributed by atoms with van der Waals surface area (Å²) in [6.07, 6.45) is 7.11. The highest BCUT2D eigenvalue weighted by molar-refractivity contribution is 5.64. The Morgan fingerprint density at radius 2 is 2.07 bits per heavy atom. The van der Waals surface area contributed by atoms with Crippen molar-refractivity contribution < 1.29 is 0 Å². The molecule has 2 aromatic rings. The Morgan fingerprint density at radius 3 is 2.71 bits per heavy atom. The molecular formula is C9H11N5. The predicted octanol–water partition coefficient (Wildman–Crippen LogP) is 0.336. The van der Waals surface area contributed by atoms with E-state index in [1.807, 2.05) is 13.2 Å². The largest absolute Gasteiger partial charge is 0.326 e. The topological polar surface area (TPSA) is 69.6 Å². The molecule has 5 heteroatoms. The number of hydrogen-bond acceptors (Lipinski definition) is 4. The standard InChI is InChI=1S/C9H11N5/c1-14-6-8(4-13-14)9-5-12-11-3-7(9)2-10/h3-6H,2,10H2,1H3. The van der Waals surface area contributed by atoms with E-state index in [1.54, 1.807) is 23.3 Å². The van der Waals surface area contributed by atoms with Crippen LogP contribution in [0.2, 0.25) is 0 Å². The Bertz CT molecular complexity index is 434. The summed E-state index contributed by atoms with van der Waals surface area (Å²) in [4.78, 5) is 0. The Morgan fingerprint density at radius 1 is 1.29 bits per heavy atom. The van der Waals surface area contributed by atoms with Gasteiger partial charge in [0, 0.05) is 30.9 Å². The van der Waals surface area contributed by atoms with Crippen LogP contribution in [0.25, 0.3) is 11.1 Å². The second-order valence-electron chi connectivity index (χ2n) is 3.03. The SMILES string of the molecule is Cn1cc(-c2cnncc2CN)cn1. The number of nitrogens with two attached hydrogens (primary N) is 1. The first-order valence-corrected chi connectivity index (χ1v) is 4.30. The zero-order valence-corrected chi connectivity index (χ0v) is 7.88. The van der Waals surface area contributed by atoms with Crippen LogP contribution in [0, 0.1) is 0 Å². The predicted molar refractivity (Wildman–Crippen MR) is 52.1 cm³/mol. The van der Waals surface area contributed by atoms with Crippen LogP contribution in [0.5, 0.6) is 0 Å². The fourth-order valence-corrected chi connectivity index (χ4v) is 1.33. The summed E-state index contributed by atoms with van der Waals surface area (Å²) in [5, 5.41) is 11.7. The smallest absolute Gasteiger partial charge is 0.0579 e. The monoisotopic (exact) mass is 189 g/mol. The minimum Gasteiger partial charge on any atom is -0.326 e. The van der Waals surface area contributed by atoms with E-state index >= 15 is 0 Å². The van der Waals surface area contributed by atoms with E-state index in [2.05, 4.69) is 15.3 Å². The molecule has 2 aromatic heterocycles. The minimum absolute atomic E-state index is 0.458. The molecule has 2 rings (SSSR count). The van der Waals surface area contributed by atoms with E-state index in [0.717, 1.165) is 16.7 Å². The van der Waals surface area contributed by atoms with Crippen LogP contribution < -0.4 is 5.73 Å². The van der Waals surface area contributed by atoms with Gasteiger partial charge in [0.25, 0.3) is 0 Å². The number of nitrogens with zero attached hydrogens (tertiary/aromatic N) is 4. The second kappa shape index (κ2) is 3.55. The summed E-state index contributed by atoms with van der Waals surface area (Å²) >= 11 is 0. The quantitative estimate of drug-likeness (QED) is 0.739. The second-order valence-corrected chi connectivity index (χ2v) is 3.03. The average molecular weight is 189 g/mol. The van der Waals surface area contributed by atoms with E-state index < -0.39 is 0 Å². The molecular weight excluding hydrogens is 178 g/mol. The van der Waals surface area contributed by atoms with Crippen molar-refractivity contribution in [1.82, 2.24) is 20.0 Å². The van der Waals surface area contributed by atoms with E-state index in [1.165, 1.54) is 0 Å². The molecule has 0 fully saturated rings. The summed E-state index contributed by atoms with van der Waals surface area (Å²) in [5.74, 6) is 0. The molecule has 0 atom stereocenters. The van der Waals surface area contributed by atoms with Crippen molar-refractivity contribution >= 4 is 0 Å². The first kappa shape index (κ1) is 8.83. The van der Waals surface area contributed by atoms with Crippen molar-refractivity contribution in [2.24, 2.45) is 12.8 Å². The molecule has 0 amide bonds. The van der Waals surface area contributed by atoms with Crippen LogP contribution in [0.4, 0.5) is 0 Å².